The summed E-state index contributed by atoms with van der Waals surface area (Å²) in [6.45, 7) is 3.48. The average molecular weight is 500 g/mol. The molecule has 1 saturated carbocycles. The van der Waals surface area contributed by atoms with Crippen molar-refractivity contribution in [2.75, 3.05) is 16.0 Å². The number of imidazole rings is 1. The summed E-state index contributed by atoms with van der Waals surface area (Å²) in [5, 5.41) is 17.4. The van der Waals surface area contributed by atoms with Crippen molar-refractivity contribution in [3.05, 3.63) is 66.4 Å². The van der Waals surface area contributed by atoms with Crippen LogP contribution in [-0.4, -0.2) is 48.5 Å². The number of amides is 2. The number of pyridine rings is 2. The first-order valence-corrected chi connectivity index (χ1v) is 12.3. The van der Waals surface area contributed by atoms with Crippen molar-refractivity contribution >= 4 is 40.5 Å². The maximum absolute atomic E-state index is 13.1. The molecule has 2 amide bonds. The van der Waals surface area contributed by atoms with Gasteiger partial charge in [0.25, 0.3) is 5.91 Å². The van der Waals surface area contributed by atoms with Gasteiger partial charge in [0.05, 0.1) is 11.9 Å². The lowest BCUT2D eigenvalue weighted by Crippen LogP contribution is -2.39. The van der Waals surface area contributed by atoms with Crippen LogP contribution in [0.2, 0.25) is 0 Å². The van der Waals surface area contributed by atoms with E-state index in [2.05, 4.69) is 36.2 Å². The fourth-order valence-electron chi connectivity index (χ4n) is 4.55. The Balaban J connectivity index is 1.44. The Kier molecular flexibility index (Phi) is 6.93. The molecule has 0 unspecified atom stereocenters. The highest BCUT2D eigenvalue weighted by Gasteiger charge is 2.23. The highest BCUT2D eigenvalue weighted by Crippen LogP contribution is 2.27. The smallest absolute Gasteiger partial charge is 0.276 e. The van der Waals surface area contributed by atoms with Crippen LogP contribution in [0.4, 0.5) is 23.0 Å². The fraction of sp³-hybridized carbons (Fsp3) is 0.308. The fourth-order valence-corrected chi connectivity index (χ4v) is 4.55. The molecule has 0 bridgehead atoms. The first kappa shape index (κ1) is 24.2. The predicted molar refractivity (Wildman–Crippen MR) is 141 cm³/mol. The number of fused-ring (bicyclic) bond motifs is 1. The quantitative estimate of drug-likeness (QED) is 0.302. The zero-order valence-electron chi connectivity index (χ0n) is 20.7. The lowest BCUT2D eigenvalue weighted by Gasteiger charge is -2.29. The van der Waals surface area contributed by atoms with E-state index in [9.17, 15) is 9.59 Å². The summed E-state index contributed by atoms with van der Waals surface area (Å²) in [5.74, 6) is 0.947. The zero-order chi connectivity index (χ0) is 25.8. The molecule has 1 aliphatic carbocycles. The molecule has 0 saturated heterocycles. The van der Waals surface area contributed by atoms with Gasteiger partial charge in [-0.25, -0.2) is 14.5 Å². The number of aromatic nitrogens is 5. The molecule has 0 aliphatic heterocycles. The van der Waals surface area contributed by atoms with E-state index in [0.717, 1.165) is 31.4 Å². The molecule has 4 aromatic heterocycles. The van der Waals surface area contributed by atoms with E-state index in [1.165, 1.54) is 6.20 Å². The molecule has 37 heavy (non-hydrogen) atoms. The number of nitrogens with one attached hydrogen (secondary N) is 4. The molecule has 0 radical (unpaired) electrons. The van der Waals surface area contributed by atoms with Crippen LogP contribution in [0.25, 0.3) is 5.65 Å². The van der Waals surface area contributed by atoms with Gasteiger partial charge in [0, 0.05) is 48.8 Å². The van der Waals surface area contributed by atoms with Gasteiger partial charge < -0.3 is 21.3 Å². The van der Waals surface area contributed by atoms with E-state index < -0.39 is 0 Å². The molecule has 11 nitrogen and oxygen atoms in total. The SMILES string of the molecule is CC(=O)NC1CCC(Nc2cc(Nc3cccc(C)n3)c3ncc(C(=O)Nc4ccncc4)n3n2)CC1. The van der Waals surface area contributed by atoms with E-state index in [4.69, 9.17) is 5.10 Å². The largest absolute Gasteiger partial charge is 0.366 e. The third-order valence-electron chi connectivity index (χ3n) is 6.28. The molecule has 4 N–H and O–H groups in total. The van der Waals surface area contributed by atoms with Crippen molar-refractivity contribution in [2.45, 2.75) is 51.6 Å². The van der Waals surface area contributed by atoms with E-state index in [1.807, 2.05) is 31.2 Å². The van der Waals surface area contributed by atoms with Gasteiger partial charge in [-0.15, -0.1) is 5.10 Å². The van der Waals surface area contributed by atoms with Crippen molar-refractivity contribution in [3.8, 4) is 0 Å². The van der Waals surface area contributed by atoms with Crippen molar-refractivity contribution in [2.24, 2.45) is 0 Å². The molecule has 0 spiro atoms. The van der Waals surface area contributed by atoms with Gasteiger partial charge in [-0.1, -0.05) is 6.07 Å². The molecule has 1 fully saturated rings. The highest BCUT2D eigenvalue weighted by atomic mass is 16.2. The summed E-state index contributed by atoms with van der Waals surface area (Å²) in [4.78, 5) is 37.5. The highest BCUT2D eigenvalue weighted by molar-refractivity contribution is 6.03. The number of nitrogens with zero attached hydrogens (tertiary/aromatic N) is 5. The number of rotatable bonds is 7. The first-order valence-electron chi connectivity index (χ1n) is 12.3. The lowest BCUT2D eigenvalue weighted by molar-refractivity contribution is -0.119. The number of hydrogen-bond donors (Lipinski definition) is 4. The molecule has 4 heterocycles. The number of hydrogen-bond acceptors (Lipinski definition) is 8. The second kappa shape index (κ2) is 10.6. The molecular formula is C26H29N9O2. The van der Waals surface area contributed by atoms with Crippen LogP contribution < -0.4 is 21.3 Å². The molecular weight excluding hydrogens is 470 g/mol. The summed E-state index contributed by atoms with van der Waals surface area (Å²) >= 11 is 0. The summed E-state index contributed by atoms with van der Waals surface area (Å²) in [6, 6.07) is 11.4. The maximum atomic E-state index is 13.1. The summed E-state index contributed by atoms with van der Waals surface area (Å²) in [7, 11) is 0. The van der Waals surface area contributed by atoms with E-state index >= 15 is 0 Å². The van der Waals surface area contributed by atoms with Crippen LogP contribution in [-0.2, 0) is 4.79 Å². The maximum Gasteiger partial charge on any atom is 0.276 e. The first-order chi connectivity index (χ1) is 17.9. The van der Waals surface area contributed by atoms with Crippen molar-refractivity contribution in [1.82, 2.24) is 29.9 Å². The summed E-state index contributed by atoms with van der Waals surface area (Å²) in [5.41, 5.74) is 2.98. The van der Waals surface area contributed by atoms with Crippen LogP contribution in [0.5, 0.6) is 0 Å². The van der Waals surface area contributed by atoms with E-state index in [-0.39, 0.29) is 23.9 Å². The molecule has 0 aromatic carbocycles. The van der Waals surface area contributed by atoms with Gasteiger partial charge in [0.2, 0.25) is 5.91 Å². The molecule has 0 atom stereocenters. The number of carbonyl (C=O) groups is 2. The zero-order valence-corrected chi connectivity index (χ0v) is 20.7. The van der Waals surface area contributed by atoms with E-state index in [1.54, 1.807) is 36.0 Å². The van der Waals surface area contributed by atoms with Crippen molar-refractivity contribution in [1.29, 1.82) is 0 Å². The van der Waals surface area contributed by atoms with Crippen LogP contribution in [0.3, 0.4) is 0 Å². The van der Waals surface area contributed by atoms with Crippen LogP contribution in [0.15, 0.2) is 55.0 Å². The van der Waals surface area contributed by atoms with Gasteiger partial charge in [-0.2, -0.15) is 0 Å². The monoisotopic (exact) mass is 499 g/mol. The Labute approximate surface area is 214 Å². The van der Waals surface area contributed by atoms with Gasteiger partial charge in [-0.05, 0) is 56.9 Å². The van der Waals surface area contributed by atoms with Gasteiger partial charge >= 0.3 is 0 Å². The minimum absolute atomic E-state index is 0.00156. The van der Waals surface area contributed by atoms with E-state index in [0.29, 0.717) is 34.4 Å². The second-order valence-electron chi connectivity index (χ2n) is 9.19. The van der Waals surface area contributed by atoms with Crippen LogP contribution in [0, 0.1) is 6.92 Å². The Hall–Kier alpha value is -4.54. The van der Waals surface area contributed by atoms with Crippen molar-refractivity contribution in [3.63, 3.8) is 0 Å². The molecule has 5 rings (SSSR count). The van der Waals surface area contributed by atoms with Crippen molar-refractivity contribution < 1.29 is 9.59 Å². The second-order valence-corrected chi connectivity index (χ2v) is 9.19. The van der Waals surface area contributed by atoms with Gasteiger partial charge in [-0.3, -0.25) is 14.6 Å². The Morgan fingerprint density at radius 2 is 1.76 bits per heavy atom. The predicted octanol–water partition coefficient (Wildman–Crippen LogP) is 3.68. The topological polar surface area (TPSA) is 138 Å². The molecule has 4 aromatic rings. The molecule has 1 aliphatic rings. The van der Waals surface area contributed by atoms with Gasteiger partial charge in [0.15, 0.2) is 11.3 Å². The summed E-state index contributed by atoms with van der Waals surface area (Å²) in [6.07, 6.45) is 8.31. The molecule has 11 heteroatoms. The summed E-state index contributed by atoms with van der Waals surface area (Å²) < 4.78 is 1.54. The van der Waals surface area contributed by atoms with Gasteiger partial charge in [0.1, 0.15) is 11.6 Å². The normalized spacial score (nSPS) is 17.2. The third kappa shape index (κ3) is 5.83. The van der Waals surface area contributed by atoms with Crippen LogP contribution >= 0.6 is 0 Å². The standard InChI is InChI=1S/C26H29N9O2/c1-16-4-3-5-23(29-16)33-21-14-24(31-19-8-6-18(7-9-19)30-17(2)36)34-35-22(15-28-25(21)35)26(37)32-20-10-12-27-13-11-20/h3-5,10-15,18-19H,6-9H2,1-2H3,(H,29,33)(H,30,36)(H,31,34)(H,27,32,37). The minimum atomic E-state index is -0.334. The Morgan fingerprint density at radius 3 is 2.49 bits per heavy atom. The lowest BCUT2D eigenvalue weighted by atomic mass is 9.91. The van der Waals surface area contributed by atoms with Crippen LogP contribution in [0.1, 0.15) is 48.8 Å². The number of aryl methyl sites for hydroxylation is 1. The minimum Gasteiger partial charge on any atom is -0.366 e. The third-order valence-corrected chi connectivity index (χ3v) is 6.28. The molecule has 190 valence electrons. The average Bonchev–Trinajstić information content (AvgIpc) is 3.30. The Bertz CT molecular complexity index is 1410. The Morgan fingerprint density at radius 1 is 1.00 bits per heavy atom. The number of anilines is 4. The number of carbonyl (C=O) groups excluding carboxylic acids is 2.